The highest BCUT2D eigenvalue weighted by Gasteiger charge is 2.02. The molecule has 0 saturated heterocycles. The van der Waals surface area contributed by atoms with Crippen molar-refractivity contribution < 1.29 is 9.59 Å². The Hall–Kier alpha value is -1.40. The first kappa shape index (κ1) is 7.60. The van der Waals surface area contributed by atoms with Crippen LogP contribution < -0.4 is 0 Å². The van der Waals surface area contributed by atoms with Crippen molar-refractivity contribution in [2.75, 3.05) is 0 Å². The smallest absolute Gasteiger partial charge is 0.233 e. The van der Waals surface area contributed by atoms with Crippen LogP contribution in [0.2, 0.25) is 0 Å². The van der Waals surface area contributed by atoms with E-state index in [0.717, 1.165) is 12.2 Å². The number of hydrogen-bond acceptors (Lipinski definition) is 2. The van der Waals surface area contributed by atoms with Crippen LogP contribution in [0.25, 0.3) is 0 Å². The van der Waals surface area contributed by atoms with Gasteiger partial charge in [0.05, 0.1) is 0 Å². The lowest BCUT2D eigenvalue weighted by atomic mass is 10.2. The highest BCUT2D eigenvalue weighted by atomic mass is 16.2. The van der Waals surface area contributed by atoms with Gasteiger partial charge in [-0.05, 0) is 6.08 Å². The molecule has 0 spiro atoms. The molecular weight excluding hydrogens is 116 g/mol. The van der Waals surface area contributed by atoms with E-state index in [4.69, 9.17) is 0 Å². The van der Waals surface area contributed by atoms with Crippen LogP contribution in [0.5, 0.6) is 0 Å². The van der Waals surface area contributed by atoms with Crippen molar-refractivity contribution in [3.8, 4) is 0 Å². The Kier molecular flexibility index (Phi) is 3.03. The highest BCUT2D eigenvalue weighted by Crippen LogP contribution is 1.77. The molecule has 0 aromatic carbocycles. The van der Waals surface area contributed by atoms with E-state index in [1.165, 1.54) is 0 Å². The summed E-state index contributed by atoms with van der Waals surface area (Å²) in [6.07, 6.45) is 1.93. The van der Waals surface area contributed by atoms with Crippen molar-refractivity contribution in [3.05, 3.63) is 31.0 Å². The maximum Gasteiger partial charge on any atom is 0.233 e. The molecule has 0 aromatic rings. The Labute approximate surface area is 53.2 Å². The fourth-order valence-corrected chi connectivity index (χ4v) is 0.264. The van der Waals surface area contributed by atoms with Crippen LogP contribution in [0.4, 0.5) is 0 Å². The molecule has 0 heterocycles. The molecule has 0 radical (unpaired) electrons. The normalized spacial score (nSPS) is 7.11. The number of allylic oxidation sites excluding steroid dienone is 2. The second-order valence-corrected chi connectivity index (χ2v) is 1.28. The molecule has 9 heavy (non-hydrogen) atoms. The molecule has 0 aromatic heterocycles. The Bertz CT molecular complexity index is 195. The Morgan fingerprint density at radius 3 is 2.22 bits per heavy atom. The van der Waals surface area contributed by atoms with Crippen LogP contribution in [0.15, 0.2) is 31.0 Å². The van der Waals surface area contributed by atoms with Gasteiger partial charge in [-0.15, -0.1) is 5.73 Å². The van der Waals surface area contributed by atoms with Gasteiger partial charge in [-0.2, -0.15) is 0 Å². The lowest BCUT2D eigenvalue weighted by molar-refractivity contribution is -0.130. The van der Waals surface area contributed by atoms with E-state index in [1.54, 1.807) is 0 Å². The summed E-state index contributed by atoms with van der Waals surface area (Å²) in [5, 5.41) is 0. The van der Waals surface area contributed by atoms with Crippen molar-refractivity contribution in [1.82, 2.24) is 0 Å². The van der Waals surface area contributed by atoms with Crippen molar-refractivity contribution in [3.63, 3.8) is 0 Å². The monoisotopic (exact) mass is 122 g/mol. The van der Waals surface area contributed by atoms with Crippen LogP contribution in [-0.2, 0) is 9.59 Å². The third kappa shape index (κ3) is 2.42. The van der Waals surface area contributed by atoms with Gasteiger partial charge in [0.15, 0.2) is 0 Å². The zero-order valence-corrected chi connectivity index (χ0v) is 4.89. The van der Waals surface area contributed by atoms with Gasteiger partial charge in [0.25, 0.3) is 0 Å². The molecule has 0 aliphatic rings. The highest BCUT2D eigenvalue weighted by molar-refractivity contribution is 6.45. The molecule has 0 atom stereocenters. The van der Waals surface area contributed by atoms with Crippen LogP contribution >= 0.6 is 0 Å². The van der Waals surface area contributed by atoms with E-state index >= 15 is 0 Å². The molecule has 0 unspecified atom stereocenters. The van der Waals surface area contributed by atoms with Crippen molar-refractivity contribution in [1.29, 1.82) is 0 Å². The van der Waals surface area contributed by atoms with Crippen molar-refractivity contribution in [2.24, 2.45) is 0 Å². The molecule has 0 aliphatic heterocycles. The zero-order chi connectivity index (χ0) is 7.28. The minimum Gasteiger partial charge on any atom is -0.286 e. The van der Waals surface area contributed by atoms with Crippen LogP contribution in [-0.4, -0.2) is 11.6 Å². The van der Waals surface area contributed by atoms with Crippen molar-refractivity contribution >= 4 is 11.6 Å². The van der Waals surface area contributed by atoms with Gasteiger partial charge in [0.1, 0.15) is 0 Å². The van der Waals surface area contributed by atoms with E-state index < -0.39 is 11.6 Å². The molecule has 0 fully saturated rings. The average molecular weight is 122 g/mol. The summed E-state index contributed by atoms with van der Waals surface area (Å²) in [6, 6.07) is 0. The average Bonchev–Trinajstić information content (AvgIpc) is 1.87. The van der Waals surface area contributed by atoms with E-state index in [9.17, 15) is 9.59 Å². The third-order valence-corrected chi connectivity index (χ3v) is 0.661. The first-order valence-electron chi connectivity index (χ1n) is 2.29. The van der Waals surface area contributed by atoms with E-state index in [1.807, 2.05) is 0 Å². The number of hydrogen-bond donors (Lipinski definition) is 0. The second-order valence-electron chi connectivity index (χ2n) is 1.28. The minimum atomic E-state index is -0.639. The first-order chi connectivity index (χ1) is 4.22. The quantitative estimate of drug-likeness (QED) is 0.313. The SMILES string of the molecule is C=C=CC(=O)C(=O)C=C. The third-order valence-electron chi connectivity index (χ3n) is 0.661. The minimum absolute atomic E-state index is 0.633. The van der Waals surface area contributed by atoms with E-state index in [0.29, 0.717) is 0 Å². The van der Waals surface area contributed by atoms with Gasteiger partial charge in [-0.3, -0.25) is 9.59 Å². The Balaban J connectivity index is 4.21. The Morgan fingerprint density at radius 2 is 1.89 bits per heavy atom. The lowest BCUT2D eigenvalue weighted by Gasteiger charge is -1.79. The molecule has 0 bridgehead atoms. The summed E-state index contributed by atoms with van der Waals surface area (Å²) in [6.45, 7) is 6.25. The number of rotatable bonds is 3. The Morgan fingerprint density at radius 1 is 1.33 bits per heavy atom. The molecule has 0 aliphatic carbocycles. The predicted molar refractivity (Wildman–Crippen MR) is 33.9 cm³/mol. The van der Waals surface area contributed by atoms with Crippen molar-refractivity contribution in [2.45, 2.75) is 0 Å². The summed E-state index contributed by atoms with van der Waals surface area (Å²) < 4.78 is 0. The standard InChI is InChI=1S/C7H6O2/c1-3-5-7(9)6(8)4-2/h4-5H,1-2H2. The number of ketones is 2. The summed E-state index contributed by atoms with van der Waals surface area (Å²) in [5.41, 5.74) is 2.19. The summed E-state index contributed by atoms with van der Waals surface area (Å²) in [7, 11) is 0. The largest absolute Gasteiger partial charge is 0.286 e. The van der Waals surface area contributed by atoms with Crippen LogP contribution in [0, 0.1) is 0 Å². The lowest BCUT2D eigenvalue weighted by Crippen LogP contribution is -2.05. The van der Waals surface area contributed by atoms with Gasteiger partial charge < -0.3 is 0 Å². The van der Waals surface area contributed by atoms with E-state index in [-0.39, 0.29) is 0 Å². The summed E-state index contributed by atoms with van der Waals surface area (Å²) >= 11 is 0. The zero-order valence-electron chi connectivity index (χ0n) is 4.89. The van der Waals surface area contributed by atoms with Gasteiger partial charge in [0, 0.05) is 6.08 Å². The molecule has 2 nitrogen and oxygen atoms in total. The molecule has 46 valence electrons. The fraction of sp³-hybridized carbons (Fsp3) is 0. The molecule has 2 heteroatoms. The maximum absolute atomic E-state index is 10.4. The summed E-state index contributed by atoms with van der Waals surface area (Å²) in [4.78, 5) is 20.7. The second kappa shape index (κ2) is 3.58. The predicted octanol–water partition coefficient (Wildman–Crippen LogP) is 0.652. The van der Waals surface area contributed by atoms with Gasteiger partial charge in [-0.1, -0.05) is 13.2 Å². The number of carbonyl (C=O) groups excluding carboxylic acids is 2. The van der Waals surface area contributed by atoms with Crippen LogP contribution in [0.3, 0.4) is 0 Å². The molecular formula is C7H6O2. The van der Waals surface area contributed by atoms with Gasteiger partial charge in [-0.25, -0.2) is 0 Å². The first-order valence-corrected chi connectivity index (χ1v) is 2.29. The molecule has 0 rings (SSSR count). The van der Waals surface area contributed by atoms with Gasteiger partial charge >= 0.3 is 0 Å². The molecule has 0 amide bonds. The molecule has 0 saturated carbocycles. The fourth-order valence-electron chi connectivity index (χ4n) is 0.264. The van der Waals surface area contributed by atoms with E-state index in [2.05, 4.69) is 18.9 Å². The maximum atomic E-state index is 10.4. The summed E-state index contributed by atoms with van der Waals surface area (Å²) in [5.74, 6) is -1.27. The topological polar surface area (TPSA) is 34.1 Å². The van der Waals surface area contributed by atoms with Crippen LogP contribution in [0.1, 0.15) is 0 Å². The van der Waals surface area contributed by atoms with Gasteiger partial charge in [0.2, 0.25) is 11.6 Å². The molecule has 0 N–H and O–H groups in total. The number of carbonyl (C=O) groups is 2.